The first-order valence-corrected chi connectivity index (χ1v) is 6.47. The summed E-state index contributed by atoms with van der Waals surface area (Å²) in [7, 11) is 0. The Hall–Kier alpha value is -2.15. The fourth-order valence-corrected chi connectivity index (χ4v) is 2.41. The Labute approximate surface area is 113 Å². The van der Waals surface area contributed by atoms with E-state index in [0.29, 0.717) is 17.9 Å². The summed E-state index contributed by atoms with van der Waals surface area (Å²) in [4.78, 5) is 28.9. The van der Waals surface area contributed by atoms with E-state index in [9.17, 15) is 14.7 Å². The Bertz CT molecular complexity index is 675. The van der Waals surface area contributed by atoms with E-state index in [1.807, 2.05) is 0 Å². The molecule has 0 aromatic carbocycles. The number of anilines is 1. The van der Waals surface area contributed by atoms with E-state index in [2.05, 4.69) is 15.3 Å². The molecule has 0 spiro atoms. The number of H-pyrrole nitrogens is 1. The monoisotopic (exact) mass is 279 g/mol. The maximum absolute atomic E-state index is 11.2. The number of aromatic amines is 1. The number of nitrogens with one attached hydrogen (secondary N) is 2. The van der Waals surface area contributed by atoms with Crippen LogP contribution >= 0.6 is 11.3 Å². The maximum atomic E-state index is 11.2. The lowest BCUT2D eigenvalue weighted by atomic mass is 10.1. The van der Waals surface area contributed by atoms with Crippen molar-refractivity contribution in [2.24, 2.45) is 0 Å². The molecule has 0 fully saturated rings. The lowest BCUT2D eigenvalue weighted by molar-refractivity contribution is 0.0696. The Morgan fingerprint density at radius 1 is 1.53 bits per heavy atom. The number of thiazole rings is 1. The van der Waals surface area contributed by atoms with Gasteiger partial charge < -0.3 is 15.4 Å². The van der Waals surface area contributed by atoms with Crippen molar-refractivity contribution in [1.29, 1.82) is 0 Å². The summed E-state index contributed by atoms with van der Waals surface area (Å²) in [5.74, 6) is -1.02. The zero-order chi connectivity index (χ0) is 14.0. The molecule has 0 atom stereocenters. The van der Waals surface area contributed by atoms with Crippen molar-refractivity contribution in [2.45, 2.75) is 20.4 Å². The minimum atomic E-state index is -1.02. The highest BCUT2D eigenvalue weighted by Gasteiger charge is 2.15. The average molecular weight is 279 g/mol. The van der Waals surface area contributed by atoms with Gasteiger partial charge in [-0.25, -0.2) is 4.79 Å². The molecule has 0 aliphatic carbocycles. The van der Waals surface area contributed by atoms with Crippen LogP contribution < -0.4 is 10.2 Å². The molecule has 2 aromatic heterocycles. The maximum Gasteiger partial charge on any atom is 0.339 e. The van der Waals surface area contributed by atoms with Gasteiger partial charge in [-0.15, -0.1) is 0 Å². The van der Waals surface area contributed by atoms with Crippen LogP contribution in [-0.4, -0.2) is 21.0 Å². The zero-order valence-electron chi connectivity index (χ0n) is 10.5. The molecule has 3 N–H and O–H groups in total. The van der Waals surface area contributed by atoms with Crippen molar-refractivity contribution < 1.29 is 9.90 Å². The SMILES string of the molecule is Cc1cc(NCc2csc(=O)[nH]2)c(C(=O)O)c(C)n1. The number of nitrogens with zero attached hydrogens (tertiary/aromatic N) is 1. The molecule has 6 nitrogen and oxygen atoms in total. The van der Waals surface area contributed by atoms with Gasteiger partial charge in [-0.05, 0) is 19.9 Å². The van der Waals surface area contributed by atoms with Gasteiger partial charge in [0.2, 0.25) is 0 Å². The third kappa shape index (κ3) is 3.00. The van der Waals surface area contributed by atoms with E-state index in [1.165, 1.54) is 0 Å². The van der Waals surface area contributed by atoms with Crippen molar-refractivity contribution in [1.82, 2.24) is 9.97 Å². The Kier molecular flexibility index (Phi) is 3.66. The van der Waals surface area contributed by atoms with E-state index in [0.717, 1.165) is 22.7 Å². The van der Waals surface area contributed by atoms with E-state index in [4.69, 9.17) is 0 Å². The van der Waals surface area contributed by atoms with E-state index < -0.39 is 5.97 Å². The quantitative estimate of drug-likeness (QED) is 0.792. The summed E-state index contributed by atoms with van der Waals surface area (Å²) in [5.41, 5.74) is 2.59. The minimum absolute atomic E-state index is 0.127. The minimum Gasteiger partial charge on any atom is -0.478 e. The lowest BCUT2D eigenvalue weighted by Crippen LogP contribution is -2.11. The Balaban J connectivity index is 2.28. The number of carboxylic acid groups (broad SMARTS) is 1. The molecule has 2 aromatic rings. The number of aromatic nitrogens is 2. The highest BCUT2D eigenvalue weighted by molar-refractivity contribution is 7.07. The number of aryl methyl sites for hydroxylation is 2. The van der Waals surface area contributed by atoms with Crippen molar-refractivity contribution in [3.8, 4) is 0 Å². The number of hydrogen-bond donors (Lipinski definition) is 3. The molecular formula is C12H13N3O3S. The van der Waals surface area contributed by atoms with Crippen LogP contribution in [0.3, 0.4) is 0 Å². The average Bonchev–Trinajstić information content (AvgIpc) is 2.71. The van der Waals surface area contributed by atoms with Crippen LogP contribution in [0.1, 0.15) is 27.4 Å². The fraction of sp³-hybridized carbons (Fsp3) is 0.250. The van der Waals surface area contributed by atoms with E-state index >= 15 is 0 Å². The van der Waals surface area contributed by atoms with Gasteiger partial charge in [-0.3, -0.25) is 9.78 Å². The predicted octanol–water partition coefficient (Wildman–Crippen LogP) is 1.76. The summed E-state index contributed by atoms with van der Waals surface area (Å²) in [5, 5.41) is 13.9. The molecule has 0 bridgehead atoms. The molecule has 0 aliphatic rings. The highest BCUT2D eigenvalue weighted by atomic mass is 32.1. The molecule has 7 heteroatoms. The Morgan fingerprint density at radius 3 is 2.84 bits per heavy atom. The second-order valence-corrected chi connectivity index (χ2v) is 4.95. The molecule has 2 heterocycles. The molecule has 0 saturated heterocycles. The molecule has 0 unspecified atom stereocenters. The number of aromatic carboxylic acids is 1. The van der Waals surface area contributed by atoms with Crippen LogP contribution in [-0.2, 0) is 6.54 Å². The van der Waals surface area contributed by atoms with Crippen LogP contribution in [0, 0.1) is 13.8 Å². The topological polar surface area (TPSA) is 95.1 Å². The lowest BCUT2D eigenvalue weighted by Gasteiger charge is -2.11. The van der Waals surface area contributed by atoms with Gasteiger partial charge in [0.1, 0.15) is 5.56 Å². The van der Waals surface area contributed by atoms with Crippen LogP contribution in [0.4, 0.5) is 5.69 Å². The zero-order valence-corrected chi connectivity index (χ0v) is 11.3. The summed E-state index contributed by atoms with van der Waals surface area (Å²) in [6.07, 6.45) is 0. The van der Waals surface area contributed by atoms with Gasteiger partial charge in [-0.1, -0.05) is 11.3 Å². The third-order valence-corrected chi connectivity index (χ3v) is 3.30. The fourth-order valence-electron chi connectivity index (χ4n) is 1.83. The predicted molar refractivity (Wildman–Crippen MR) is 72.9 cm³/mol. The molecule has 0 aliphatic heterocycles. The van der Waals surface area contributed by atoms with Crippen molar-refractivity contribution in [3.05, 3.63) is 43.8 Å². The summed E-state index contributed by atoms with van der Waals surface area (Å²) in [6.45, 7) is 3.83. The van der Waals surface area contributed by atoms with Crippen LogP contribution in [0.5, 0.6) is 0 Å². The third-order valence-electron chi connectivity index (χ3n) is 2.58. The van der Waals surface area contributed by atoms with E-state index in [-0.39, 0.29) is 10.4 Å². The normalized spacial score (nSPS) is 10.4. The first kappa shape index (κ1) is 13.3. The molecule has 0 radical (unpaired) electrons. The second kappa shape index (κ2) is 5.23. The Morgan fingerprint density at radius 2 is 2.26 bits per heavy atom. The standard InChI is InChI=1S/C12H13N3O3S/c1-6-3-9(10(11(16)17)7(2)14-6)13-4-8-5-19-12(18)15-8/h3,5H,4H2,1-2H3,(H,13,14)(H,15,18)(H,16,17). The number of carboxylic acids is 1. The number of pyridine rings is 1. The first-order valence-electron chi connectivity index (χ1n) is 5.59. The van der Waals surface area contributed by atoms with Gasteiger partial charge in [0.25, 0.3) is 0 Å². The molecular weight excluding hydrogens is 266 g/mol. The largest absolute Gasteiger partial charge is 0.478 e. The molecule has 0 amide bonds. The van der Waals surface area contributed by atoms with Gasteiger partial charge in [0, 0.05) is 16.8 Å². The van der Waals surface area contributed by atoms with Crippen molar-refractivity contribution in [2.75, 3.05) is 5.32 Å². The smallest absolute Gasteiger partial charge is 0.339 e. The van der Waals surface area contributed by atoms with Crippen LogP contribution in [0.15, 0.2) is 16.2 Å². The summed E-state index contributed by atoms with van der Waals surface area (Å²) >= 11 is 1.08. The number of hydrogen-bond acceptors (Lipinski definition) is 5. The molecule has 2 rings (SSSR count). The number of carbonyl (C=O) groups is 1. The van der Waals surface area contributed by atoms with Crippen molar-refractivity contribution in [3.63, 3.8) is 0 Å². The molecule has 0 saturated carbocycles. The van der Waals surface area contributed by atoms with Gasteiger partial charge in [0.15, 0.2) is 0 Å². The van der Waals surface area contributed by atoms with Crippen LogP contribution in [0.25, 0.3) is 0 Å². The first-order chi connectivity index (χ1) is 8.97. The highest BCUT2D eigenvalue weighted by Crippen LogP contribution is 2.20. The summed E-state index contributed by atoms with van der Waals surface area (Å²) < 4.78 is 0. The van der Waals surface area contributed by atoms with Crippen LogP contribution in [0.2, 0.25) is 0 Å². The molecule has 100 valence electrons. The second-order valence-electron chi connectivity index (χ2n) is 4.10. The van der Waals surface area contributed by atoms with E-state index in [1.54, 1.807) is 25.3 Å². The molecule has 19 heavy (non-hydrogen) atoms. The van der Waals surface area contributed by atoms with Gasteiger partial charge in [-0.2, -0.15) is 0 Å². The number of rotatable bonds is 4. The van der Waals surface area contributed by atoms with Crippen molar-refractivity contribution >= 4 is 23.0 Å². The van der Waals surface area contributed by atoms with Gasteiger partial charge in [0.05, 0.1) is 17.9 Å². The summed E-state index contributed by atoms with van der Waals surface area (Å²) in [6, 6.07) is 1.68. The van der Waals surface area contributed by atoms with Gasteiger partial charge >= 0.3 is 10.8 Å².